The molecule has 0 spiro atoms. The fraction of sp³-hybridized carbons (Fsp3) is 0.250. The van der Waals surface area contributed by atoms with E-state index < -0.39 is 0 Å². The van der Waals surface area contributed by atoms with Gasteiger partial charge < -0.3 is 10.4 Å². The standard InChI is InChI=1S/C16H16ClNO.BrH/c17-13-3-6-14(7-4-13)18-15-5-1-11-2-8-16(19)10-12(11)9-15;/h2-4,6-8,10,15,18-19H,1,5,9H2;1H. The first-order valence-corrected chi connectivity index (χ1v) is 6.91. The number of aryl methyl sites for hydroxylation is 1. The number of halogens is 2. The van der Waals surface area contributed by atoms with Gasteiger partial charge in [-0.3, -0.25) is 0 Å². The van der Waals surface area contributed by atoms with Crippen molar-refractivity contribution in [1.82, 2.24) is 0 Å². The number of aromatic hydroxyl groups is 1. The second-order valence-electron chi connectivity index (χ2n) is 5.04. The van der Waals surface area contributed by atoms with Crippen LogP contribution in [0.25, 0.3) is 0 Å². The van der Waals surface area contributed by atoms with Crippen molar-refractivity contribution >= 4 is 34.3 Å². The fourth-order valence-corrected chi connectivity index (χ4v) is 2.77. The number of hydrogen-bond donors (Lipinski definition) is 2. The Labute approximate surface area is 134 Å². The minimum Gasteiger partial charge on any atom is -0.508 e. The molecular weight excluding hydrogens is 338 g/mol. The minimum absolute atomic E-state index is 0. The maximum Gasteiger partial charge on any atom is 0.115 e. The van der Waals surface area contributed by atoms with Gasteiger partial charge in [0.15, 0.2) is 0 Å². The molecule has 0 aliphatic heterocycles. The summed E-state index contributed by atoms with van der Waals surface area (Å²) in [5.41, 5.74) is 3.70. The Morgan fingerprint density at radius 1 is 1.05 bits per heavy atom. The quantitative estimate of drug-likeness (QED) is 0.826. The molecule has 0 radical (unpaired) electrons. The van der Waals surface area contributed by atoms with E-state index in [0.717, 1.165) is 30.0 Å². The van der Waals surface area contributed by atoms with Crippen LogP contribution >= 0.6 is 28.6 Å². The number of rotatable bonds is 2. The average molecular weight is 355 g/mol. The van der Waals surface area contributed by atoms with Gasteiger partial charge >= 0.3 is 0 Å². The lowest BCUT2D eigenvalue weighted by molar-refractivity contribution is 0.472. The first kappa shape index (κ1) is 15.2. The zero-order valence-corrected chi connectivity index (χ0v) is 13.4. The third kappa shape index (κ3) is 3.47. The van der Waals surface area contributed by atoms with Crippen molar-refractivity contribution in [3.63, 3.8) is 0 Å². The van der Waals surface area contributed by atoms with Gasteiger partial charge in [-0.25, -0.2) is 0 Å². The number of nitrogens with one attached hydrogen (secondary N) is 1. The van der Waals surface area contributed by atoms with Crippen LogP contribution in [0.3, 0.4) is 0 Å². The highest BCUT2D eigenvalue weighted by atomic mass is 79.9. The lowest BCUT2D eigenvalue weighted by atomic mass is 9.88. The van der Waals surface area contributed by atoms with Gasteiger partial charge in [-0.15, -0.1) is 17.0 Å². The van der Waals surface area contributed by atoms with Crippen LogP contribution in [0.15, 0.2) is 42.5 Å². The number of phenolic OH excluding ortho intramolecular Hbond substituents is 1. The Morgan fingerprint density at radius 3 is 2.55 bits per heavy atom. The Bertz CT molecular complexity index is 586. The summed E-state index contributed by atoms with van der Waals surface area (Å²) < 4.78 is 0. The Kier molecular flexibility index (Phi) is 4.95. The zero-order valence-electron chi connectivity index (χ0n) is 11.0. The SMILES string of the molecule is Br.Oc1ccc2c(c1)CC(Nc1ccc(Cl)cc1)CC2. The molecule has 2 nitrogen and oxygen atoms in total. The van der Waals surface area contributed by atoms with Gasteiger partial charge in [0.05, 0.1) is 0 Å². The van der Waals surface area contributed by atoms with Crippen molar-refractivity contribution in [1.29, 1.82) is 0 Å². The number of fused-ring (bicyclic) bond motifs is 1. The summed E-state index contributed by atoms with van der Waals surface area (Å²) >= 11 is 5.88. The number of anilines is 1. The summed E-state index contributed by atoms with van der Waals surface area (Å²) in [6, 6.07) is 13.9. The highest BCUT2D eigenvalue weighted by molar-refractivity contribution is 8.93. The van der Waals surface area contributed by atoms with E-state index in [1.807, 2.05) is 36.4 Å². The molecule has 106 valence electrons. The highest BCUT2D eigenvalue weighted by Gasteiger charge is 2.18. The maximum atomic E-state index is 9.56. The molecule has 1 aliphatic carbocycles. The smallest absolute Gasteiger partial charge is 0.115 e. The summed E-state index contributed by atoms with van der Waals surface area (Å²) in [6.07, 6.45) is 3.12. The van der Waals surface area contributed by atoms with Gasteiger partial charge in [0, 0.05) is 16.8 Å². The number of benzene rings is 2. The van der Waals surface area contributed by atoms with Gasteiger partial charge in [0.1, 0.15) is 5.75 Å². The number of phenols is 1. The van der Waals surface area contributed by atoms with E-state index in [0.29, 0.717) is 11.8 Å². The molecule has 4 heteroatoms. The van der Waals surface area contributed by atoms with Crippen LogP contribution in [0.2, 0.25) is 5.02 Å². The Balaban J connectivity index is 0.00000147. The van der Waals surface area contributed by atoms with Crippen LogP contribution in [0.4, 0.5) is 5.69 Å². The van der Waals surface area contributed by atoms with E-state index in [-0.39, 0.29) is 17.0 Å². The average Bonchev–Trinajstić information content (AvgIpc) is 2.41. The molecule has 2 aromatic carbocycles. The molecule has 0 heterocycles. The molecule has 2 aromatic rings. The van der Waals surface area contributed by atoms with Gasteiger partial charge in [-0.1, -0.05) is 17.7 Å². The van der Waals surface area contributed by atoms with Crippen LogP contribution in [-0.2, 0) is 12.8 Å². The monoisotopic (exact) mass is 353 g/mol. The van der Waals surface area contributed by atoms with E-state index in [4.69, 9.17) is 11.6 Å². The van der Waals surface area contributed by atoms with E-state index in [9.17, 15) is 5.11 Å². The van der Waals surface area contributed by atoms with Gasteiger partial charge in [0.25, 0.3) is 0 Å². The molecule has 0 aromatic heterocycles. The summed E-state index contributed by atoms with van der Waals surface area (Å²) in [5, 5.41) is 13.8. The molecule has 0 bridgehead atoms. The molecule has 0 fully saturated rings. The molecule has 3 rings (SSSR count). The summed E-state index contributed by atoms with van der Waals surface area (Å²) in [4.78, 5) is 0. The normalized spacial score (nSPS) is 16.9. The zero-order chi connectivity index (χ0) is 13.2. The fourth-order valence-electron chi connectivity index (χ4n) is 2.65. The molecular formula is C16H17BrClNO. The van der Waals surface area contributed by atoms with Gasteiger partial charge in [-0.2, -0.15) is 0 Å². The molecule has 0 amide bonds. The van der Waals surface area contributed by atoms with Crippen molar-refractivity contribution in [2.24, 2.45) is 0 Å². The van der Waals surface area contributed by atoms with Crippen molar-refractivity contribution in [2.45, 2.75) is 25.3 Å². The van der Waals surface area contributed by atoms with Crippen molar-refractivity contribution in [3.8, 4) is 5.75 Å². The lowest BCUT2D eigenvalue weighted by Gasteiger charge is -2.26. The van der Waals surface area contributed by atoms with E-state index in [2.05, 4.69) is 5.32 Å². The lowest BCUT2D eigenvalue weighted by Crippen LogP contribution is -2.27. The van der Waals surface area contributed by atoms with Crippen LogP contribution in [0, 0.1) is 0 Å². The molecule has 1 aliphatic rings. The van der Waals surface area contributed by atoms with E-state index in [1.54, 1.807) is 6.07 Å². The summed E-state index contributed by atoms with van der Waals surface area (Å²) in [7, 11) is 0. The molecule has 2 N–H and O–H groups in total. The molecule has 1 atom stereocenters. The largest absolute Gasteiger partial charge is 0.508 e. The summed E-state index contributed by atoms with van der Waals surface area (Å²) in [5.74, 6) is 0.353. The topological polar surface area (TPSA) is 32.3 Å². The van der Waals surface area contributed by atoms with Crippen LogP contribution in [0.5, 0.6) is 5.75 Å². The predicted molar refractivity (Wildman–Crippen MR) is 89.3 cm³/mol. The van der Waals surface area contributed by atoms with Gasteiger partial charge in [0.2, 0.25) is 0 Å². The highest BCUT2D eigenvalue weighted by Crippen LogP contribution is 2.27. The summed E-state index contributed by atoms with van der Waals surface area (Å²) in [6.45, 7) is 0. The Hall–Kier alpha value is -1.19. The second-order valence-corrected chi connectivity index (χ2v) is 5.48. The molecule has 20 heavy (non-hydrogen) atoms. The van der Waals surface area contributed by atoms with Crippen LogP contribution in [0.1, 0.15) is 17.5 Å². The Morgan fingerprint density at radius 2 is 1.80 bits per heavy atom. The van der Waals surface area contributed by atoms with Crippen molar-refractivity contribution < 1.29 is 5.11 Å². The third-order valence-corrected chi connectivity index (χ3v) is 3.89. The third-order valence-electron chi connectivity index (χ3n) is 3.63. The minimum atomic E-state index is 0. The van der Waals surface area contributed by atoms with Crippen molar-refractivity contribution in [3.05, 3.63) is 58.6 Å². The first-order valence-electron chi connectivity index (χ1n) is 6.53. The predicted octanol–water partition coefficient (Wildman–Crippen LogP) is 4.59. The van der Waals surface area contributed by atoms with Crippen LogP contribution in [-0.4, -0.2) is 11.1 Å². The van der Waals surface area contributed by atoms with Crippen molar-refractivity contribution in [2.75, 3.05) is 5.32 Å². The van der Waals surface area contributed by atoms with E-state index >= 15 is 0 Å². The molecule has 1 unspecified atom stereocenters. The van der Waals surface area contributed by atoms with E-state index in [1.165, 1.54) is 11.1 Å². The van der Waals surface area contributed by atoms with Crippen LogP contribution < -0.4 is 5.32 Å². The molecule has 0 saturated carbocycles. The number of hydrogen-bond acceptors (Lipinski definition) is 2. The molecule has 0 saturated heterocycles. The van der Waals surface area contributed by atoms with Gasteiger partial charge in [-0.05, 0) is 66.8 Å². The maximum absolute atomic E-state index is 9.56. The second kappa shape index (κ2) is 6.51. The first-order chi connectivity index (χ1) is 9.20.